The first-order chi connectivity index (χ1) is 11.2. The predicted octanol–water partition coefficient (Wildman–Crippen LogP) is 4.16. The molecule has 0 radical (unpaired) electrons. The number of anilines is 1. The fraction of sp³-hybridized carbons (Fsp3) is 0. The van der Waals surface area contributed by atoms with Gasteiger partial charge in [-0.1, -0.05) is 42.5 Å². The average Bonchev–Trinajstić information content (AvgIpc) is 3.05. The van der Waals surface area contributed by atoms with Gasteiger partial charge in [0.2, 0.25) is 5.13 Å². The van der Waals surface area contributed by atoms with Crippen LogP contribution in [0.3, 0.4) is 0 Å². The van der Waals surface area contributed by atoms with Crippen molar-refractivity contribution < 1.29 is 4.92 Å². The Hall–Kier alpha value is -3.06. The van der Waals surface area contributed by atoms with Gasteiger partial charge in [-0.25, -0.2) is 4.98 Å². The number of aromatic nitrogens is 1. The van der Waals surface area contributed by atoms with E-state index in [-0.39, 0.29) is 5.69 Å². The van der Waals surface area contributed by atoms with E-state index in [4.69, 9.17) is 0 Å². The first-order valence-corrected chi connectivity index (χ1v) is 7.65. The molecule has 0 fully saturated rings. The molecular formula is C16H12N4O2S. The molecule has 6 nitrogen and oxygen atoms in total. The minimum Gasteiger partial charge on any atom is -0.258 e. The van der Waals surface area contributed by atoms with Crippen LogP contribution in [0.5, 0.6) is 0 Å². The lowest BCUT2D eigenvalue weighted by Gasteiger charge is -1.97. The van der Waals surface area contributed by atoms with E-state index in [1.54, 1.807) is 18.3 Å². The van der Waals surface area contributed by atoms with Crippen LogP contribution in [-0.4, -0.2) is 16.1 Å². The third-order valence-corrected chi connectivity index (χ3v) is 3.78. The van der Waals surface area contributed by atoms with Crippen LogP contribution >= 0.6 is 11.3 Å². The fourth-order valence-electron chi connectivity index (χ4n) is 1.94. The lowest BCUT2D eigenvalue weighted by Crippen LogP contribution is -1.90. The van der Waals surface area contributed by atoms with E-state index in [1.807, 2.05) is 35.7 Å². The zero-order chi connectivity index (χ0) is 16.1. The maximum Gasteiger partial charge on any atom is 0.270 e. The molecule has 3 rings (SSSR count). The summed E-state index contributed by atoms with van der Waals surface area (Å²) in [5.41, 5.74) is 5.27. The fourth-order valence-corrected chi connectivity index (χ4v) is 2.61. The maximum absolute atomic E-state index is 10.8. The molecule has 0 unspecified atom stereocenters. The number of nitrogens with one attached hydrogen (secondary N) is 1. The van der Waals surface area contributed by atoms with Crippen LogP contribution in [0.4, 0.5) is 10.8 Å². The second-order valence-electron chi connectivity index (χ2n) is 4.63. The zero-order valence-corrected chi connectivity index (χ0v) is 12.7. The topological polar surface area (TPSA) is 80.4 Å². The van der Waals surface area contributed by atoms with Crippen molar-refractivity contribution in [3.63, 3.8) is 0 Å². The van der Waals surface area contributed by atoms with Crippen molar-refractivity contribution in [2.45, 2.75) is 0 Å². The van der Waals surface area contributed by atoms with Gasteiger partial charge >= 0.3 is 0 Å². The van der Waals surface area contributed by atoms with Crippen molar-refractivity contribution in [1.82, 2.24) is 4.98 Å². The van der Waals surface area contributed by atoms with Gasteiger partial charge in [-0.05, 0) is 5.56 Å². The molecular weight excluding hydrogens is 312 g/mol. The summed E-state index contributed by atoms with van der Waals surface area (Å²) >= 11 is 1.39. The summed E-state index contributed by atoms with van der Waals surface area (Å²) in [6, 6.07) is 16.1. The van der Waals surface area contributed by atoms with Crippen LogP contribution in [0.2, 0.25) is 0 Å². The molecule has 3 aromatic rings. The quantitative estimate of drug-likeness (QED) is 0.434. The lowest BCUT2D eigenvalue weighted by molar-refractivity contribution is -0.384. The van der Waals surface area contributed by atoms with Crippen LogP contribution in [0.1, 0.15) is 5.56 Å². The van der Waals surface area contributed by atoms with Crippen molar-refractivity contribution in [2.75, 3.05) is 5.43 Å². The van der Waals surface area contributed by atoms with Gasteiger partial charge in [-0.2, -0.15) is 5.10 Å². The Labute approximate surface area is 136 Å². The molecule has 0 amide bonds. The van der Waals surface area contributed by atoms with Gasteiger partial charge in [-0.3, -0.25) is 15.5 Å². The summed E-state index contributed by atoms with van der Waals surface area (Å²) in [5.74, 6) is 0. The molecule has 1 N–H and O–H groups in total. The number of rotatable bonds is 5. The number of benzene rings is 2. The number of nitro groups is 1. The van der Waals surface area contributed by atoms with Gasteiger partial charge < -0.3 is 0 Å². The average molecular weight is 324 g/mol. The summed E-state index contributed by atoms with van der Waals surface area (Å²) in [6.45, 7) is 0. The van der Waals surface area contributed by atoms with Gasteiger partial charge in [0.15, 0.2) is 0 Å². The van der Waals surface area contributed by atoms with Gasteiger partial charge in [-0.15, -0.1) is 11.3 Å². The van der Waals surface area contributed by atoms with Crippen molar-refractivity contribution >= 4 is 28.4 Å². The molecule has 0 aliphatic carbocycles. The number of hydrazone groups is 1. The monoisotopic (exact) mass is 324 g/mol. The highest BCUT2D eigenvalue weighted by Crippen LogP contribution is 2.27. The molecule has 0 bridgehead atoms. The number of nitrogens with zero attached hydrogens (tertiary/aromatic N) is 3. The summed E-state index contributed by atoms with van der Waals surface area (Å²) in [6.07, 6.45) is 1.70. The largest absolute Gasteiger partial charge is 0.270 e. The summed E-state index contributed by atoms with van der Waals surface area (Å²) in [5, 5.41) is 17.4. The molecule has 114 valence electrons. The van der Waals surface area contributed by atoms with Crippen molar-refractivity contribution in [3.8, 4) is 11.3 Å². The molecule has 1 heterocycles. The normalized spacial score (nSPS) is 10.8. The van der Waals surface area contributed by atoms with Crippen LogP contribution in [-0.2, 0) is 0 Å². The third-order valence-electron chi connectivity index (χ3n) is 3.03. The molecule has 7 heteroatoms. The van der Waals surface area contributed by atoms with Gasteiger partial charge in [0.1, 0.15) is 0 Å². The lowest BCUT2D eigenvalue weighted by atomic mass is 10.1. The Kier molecular flexibility index (Phi) is 4.39. The minimum absolute atomic E-state index is 0.0482. The van der Waals surface area contributed by atoms with Crippen molar-refractivity contribution in [3.05, 3.63) is 75.7 Å². The number of nitro benzene ring substituents is 1. The molecule has 0 spiro atoms. The first kappa shape index (κ1) is 14.9. The Morgan fingerprint density at radius 1 is 1.17 bits per heavy atom. The minimum atomic E-state index is -0.417. The number of non-ortho nitro benzene ring substituents is 1. The molecule has 2 aromatic carbocycles. The predicted molar refractivity (Wildman–Crippen MR) is 91.9 cm³/mol. The summed E-state index contributed by atoms with van der Waals surface area (Å²) in [4.78, 5) is 14.8. The molecule has 1 aromatic heterocycles. The molecule has 23 heavy (non-hydrogen) atoms. The SMILES string of the molecule is O=[N+]([O-])c1cccc(-c2csc(N/N=C\c3ccccc3)n2)c1. The van der Waals surface area contributed by atoms with Crippen LogP contribution in [0.25, 0.3) is 11.3 Å². The standard InChI is InChI=1S/C16H12N4O2S/c21-20(22)14-8-4-7-13(9-14)15-11-23-16(18-15)19-17-10-12-5-2-1-3-6-12/h1-11H,(H,18,19)/b17-10-. The smallest absolute Gasteiger partial charge is 0.258 e. The van der Waals surface area contributed by atoms with E-state index in [0.717, 1.165) is 5.56 Å². The number of hydrogen-bond donors (Lipinski definition) is 1. The highest BCUT2D eigenvalue weighted by atomic mass is 32.1. The maximum atomic E-state index is 10.8. The highest BCUT2D eigenvalue weighted by molar-refractivity contribution is 7.14. The summed E-state index contributed by atoms with van der Waals surface area (Å²) < 4.78 is 0. The molecule has 0 atom stereocenters. The molecule has 0 aliphatic rings. The number of thiazole rings is 1. The van der Waals surface area contributed by atoms with E-state index in [9.17, 15) is 10.1 Å². The van der Waals surface area contributed by atoms with Crippen LogP contribution < -0.4 is 5.43 Å². The Bertz CT molecular complexity index is 846. The second kappa shape index (κ2) is 6.80. The van der Waals surface area contributed by atoms with Gasteiger partial charge in [0.25, 0.3) is 5.69 Å². The molecule has 0 aliphatic heterocycles. The first-order valence-electron chi connectivity index (χ1n) is 6.77. The van der Waals surface area contributed by atoms with Crippen LogP contribution in [0, 0.1) is 10.1 Å². The van der Waals surface area contributed by atoms with Gasteiger partial charge in [0, 0.05) is 23.1 Å². The van der Waals surface area contributed by atoms with Crippen molar-refractivity contribution in [2.24, 2.45) is 5.10 Å². The van der Waals surface area contributed by atoms with Crippen LogP contribution in [0.15, 0.2) is 65.1 Å². The van der Waals surface area contributed by atoms with E-state index in [2.05, 4.69) is 15.5 Å². The van der Waals surface area contributed by atoms with E-state index in [0.29, 0.717) is 16.4 Å². The highest BCUT2D eigenvalue weighted by Gasteiger charge is 2.09. The Morgan fingerprint density at radius 2 is 2.00 bits per heavy atom. The Balaban J connectivity index is 1.72. The van der Waals surface area contributed by atoms with E-state index in [1.165, 1.54) is 23.5 Å². The molecule has 0 saturated heterocycles. The second-order valence-corrected chi connectivity index (χ2v) is 5.48. The number of hydrogen-bond acceptors (Lipinski definition) is 6. The third kappa shape index (κ3) is 3.78. The Morgan fingerprint density at radius 3 is 2.78 bits per heavy atom. The van der Waals surface area contributed by atoms with E-state index < -0.39 is 4.92 Å². The zero-order valence-electron chi connectivity index (χ0n) is 11.9. The van der Waals surface area contributed by atoms with Gasteiger partial charge in [0.05, 0.1) is 16.8 Å². The molecule has 0 saturated carbocycles. The van der Waals surface area contributed by atoms with Crippen molar-refractivity contribution in [1.29, 1.82) is 0 Å². The van der Waals surface area contributed by atoms with E-state index >= 15 is 0 Å². The summed E-state index contributed by atoms with van der Waals surface area (Å²) in [7, 11) is 0.